The standard InChI is InChI=1S/C18H28N2O5.ClH/c1-2-10-22-14-15-25-18(21)19-16-3-5-17(6-4-16)24-13-9-20-7-11-23-12-8-20;/h3-6H,2,7-15H2,1H3,(H,19,21);1H. The summed E-state index contributed by atoms with van der Waals surface area (Å²) in [5, 5.41) is 2.67. The molecule has 1 aliphatic heterocycles. The third-order valence-corrected chi connectivity index (χ3v) is 3.69. The maximum absolute atomic E-state index is 11.6. The quantitative estimate of drug-likeness (QED) is 0.621. The molecule has 0 aliphatic carbocycles. The van der Waals surface area contributed by atoms with E-state index in [9.17, 15) is 4.79 Å². The minimum absolute atomic E-state index is 0. The van der Waals surface area contributed by atoms with Crippen LogP contribution in [0.4, 0.5) is 10.5 Å². The van der Waals surface area contributed by atoms with Gasteiger partial charge < -0.3 is 18.9 Å². The third kappa shape index (κ3) is 9.24. The van der Waals surface area contributed by atoms with Gasteiger partial charge in [-0.2, -0.15) is 0 Å². The van der Waals surface area contributed by atoms with Crippen LogP contribution < -0.4 is 10.1 Å². The Balaban J connectivity index is 0.00000338. The third-order valence-electron chi connectivity index (χ3n) is 3.69. The van der Waals surface area contributed by atoms with Crippen molar-refractivity contribution in [2.75, 3.05) is 64.6 Å². The molecule has 0 atom stereocenters. The monoisotopic (exact) mass is 388 g/mol. The van der Waals surface area contributed by atoms with Gasteiger partial charge in [-0.1, -0.05) is 6.92 Å². The average Bonchev–Trinajstić information content (AvgIpc) is 2.64. The van der Waals surface area contributed by atoms with Crippen LogP contribution in [0.25, 0.3) is 0 Å². The zero-order valence-electron chi connectivity index (χ0n) is 15.3. The van der Waals surface area contributed by atoms with Crippen molar-refractivity contribution >= 4 is 24.2 Å². The largest absolute Gasteiger partial charge is 0.492 e. The summed E-state index contributed by atoms with van der Waals surface area (Å²) in [7, 11) is 0. The topological polar surface area (TPSA) is 69.3 Å². The second kappa shape index (κ2) is 13.6. The average molecular weight is 389 g/mol. The number of morpholine rings is 1. The lowest BCUT2D eigenvalue weighted by Gasteiger charge is -2.26. The molecule has 1 N–H and O–H groups in total. The summed E-state index contributed by atoms with van der Waals surface area (Å²) in [4.78, 5) is 14.0. The van der Waals surface area contributed by atoms with Gasteiger partial charge in [0.05, 0.1) is 19.8 Å². The summed E-state index contributed by atoms with van der Waals surface area (Å²) in [6.45, 7) is 8.38. The Kier molecular flexibility index (Phi) is 11.8. The first-order chi connectivity index (χ1) is 12.3. The molecular formula is C18H29ClN2O5. The number of ether oxygens (including phenoxy) is 4. The van der Waals surface area contributed by atoms with Crippen molar-refractivity contribution in [3.05, 3.63) is 24.3 Å². The number of carbonyl (C=O) groups excluding carboxylic acids is 1. The maximum atomic E-state index is 11.6. The van der Waals surface area contributed by atoms with Crippen LogP contribution in [0.2, 0.25) is 0 Å². The van der Waals surface area contributed by atoms with Crippen molar-refractivity contribution in [1.29, 1.82) is 0 Å². The second-order valence-corrected chi connectivity index (χ2v) is 5.70. The molecule has 7 nitrogen and oxygen atoms in total. The fourth-order valence-corrected chi connectivity index (χ4v) is 2.35. The zero-order chi connectivity index (χ0) is 17.7. The van der Waals surface area contributed by atoms with E-state index in [2.05, 4.69) is 10.2 Å². The first-order valence-corrected chi connectivity index (χ1v) is 8.82. The summed E-state index contributed by atoms with van der Waals surface area (Å²) < 4.78 is 21.3. The molecule has 148 valence electrons. The van der Waals surface area contributed by atoms with E-state index < -0.39 is 6.09 Å². The molecule has 1 aromatic carbocycles. The van der Waals surface area contributed by atoms with Crippen LogP contribution >= 0.6 is 12.4 Å². The van der Waals surface area contributed by atoms with Gasteiger partial charge in [-0.15, -0.1) is 12.4 Å². The number of hydrogen-bond acceptors (Lipinski definition) is 6. The Labute approximate surface area is 161 Å². The van der Waals surface area contributed by atoms with E-state index in [1.165, 1.54) is 0 Å². The van der Waals surface area contributed by atoms with E-state index in [4.69, 9.17) is 18.9 Å². The second-order valence-electron chi connectivity index (χ2n) is 5.70. The minimum Gasteiger partial charge on any atom is -0.492 e. The zero-order valence-corrected chi connectivity index (χ0v) is 16.1. The molecule has 1 amide bonds. The molecule has 0 aromatic heterocycles. The lowest BCUT2D eigenvalue weighted by Crippen LogP contribution is -2.38. The molecule has 8 heteroatoms. The van der Waals surface area contributed by atoms with Crippen LogP contribution in [0.5, 0.6) is 5.75 Å². The van der Waals surface area contributed by atoms with Gasteiger partial charge in [0, 0.05) is 31.9 Å². The van der Waals surface area contributed by atoms with Crippen molar-refractivity contribution in [3.63, 3.8) is 0 Å². The normalized spacial score (nSPS) is 14.3. The summed E-state index contributed by atoms with van der Waals surface area (Å²) in [6, 6.07) is 7.25. The Morgan fingerprint density at radius 1 is 1.12 bits per heavy atom. The predicted molar refractivity (Wildman–Crippen MR) is 103 cm³/mol. The molecule has 0 bridgehead atoms. The maximum Gasteiger partial charge on any atom is 0.411 e. The molecule has 2 rings (SSSR count). The summed E-state index contributed by atoms with van der Waals surface area (Å²) in [5.41, 5.74) is 0.667. The first kappa shape index (κ1) is 22.5. The molecule has 0 unspecified atom stereocenters. The molecule has 0 saturated carbocycles. The Bertz CT molecular complexity index is 495. The van der Waals surface area contributed by atoms with E-state index in [-0.39, 0.29) is 19.0 Å². The van der Waals surface area contributed by atoms with E-state index >= 15 is 0 Å². The SMILES string of the molecule is CCCOCCOC(=O)Nc1ccc(OCCN2CCOCC2)cc1.Cl. The molecular weight excluding hydrogens is 360 g/mol. The van der Waals surface area contributed by atoms with Crippen LogP contribution in [-0.4, -0.2) is 70.3 Å². The van der Waals surface area contributed by atoms with Crippen LogP contribution in [0, 0.1) is 0 Å². The number of rotatable bonds is 10. The number of amides is 1. The fourth-order valence-electron chi connectivity index (χ4n) is 2.35. The van der Waals surface area contributed by atoms with Gasteiger partial charge in [0.15, 0.2) is 0 Å². The van der Waals surface area contributed by atoms with Gasteiger partial charge in [0.25, 0.3) is 0 Å². The van der Waals surface area contributed by atoms with E-state index in [1.807, 2.05) is 19.1 Å². The molecule has 1 aliphatic rings. The smallest absolute Gasteiger partial charge is 0.411 e. The van der Waals surface area contributed by atoms with E-state index in [1.54, 1.807) is 12.1 Å². The Morgan fingerprint density at radius 3 is 2.54 bits per heavy atom. The highest BCUT2D eigenvalue weighted by molar-refractivity contribution is 5.85. The van der Waals surface area contributed by atoms with Crippen LogP contribution in [0.15, 0.2) is 24.3 Å². The molecule has 1 heterocycles. The van der Waals surface area contributed by atoms with E-state index in [0.717, 1.165) is 45.0 Å². The van der Waals surface area contributed by atoms with Crippen molar-refractivity contribution in [1.82, 2.24) is 4.90 Å². The van der Waals surface area contributed by atoms with Gasteiger partial charge >= 0.3 is 6.09 Å². The van der Waals surface area contributed by atoms with Crippen molar-refractivity contribution in [2.24, 2.45) is 0 Å². The predicted octanol–water partition coefficient (Wildman–Crippen LogP) is 2.79. The van der Waals surface area contributed by atoms with Crippen molar-refractivity contribution in [3.8, 4) is 5.75 Å². The molecule has 26 heavy (non-hydrogen) atoms. The van der Waals surface area contributed by atoms with Crippen molar-refractivity contribution in [2.45, 2.75) is 13.3 Å². The highest BCUT2D eigenvalue weighted by atomic mass is 35.5. The lowest BCUT2D eigenvalue weighted by atomic mass is 10.3. The number of nitrogens with zero attached hydrogens (tertiary/aromatic N) is 1. The summed E-state index contributed by atoms with van der Waals surface area (Å²) in [6.07, 6.45) is 0.466. The van der Waals surface area contributed by atoms with Gasteiger partial charge in [-0.3, -0.25) is 10.2 Å². The van der Waals surface area contributed by atoms with Crippen molar-refractivity contribution < 1.29 is 23.7 Å². The first-order valence-electron chi connectivity index (χ1n) is 8.82. The number of anilines is 1. The highest BCUT2D eigenvalue weighted by Crippen LogP contribution is 2.16. The lowest BCUT2D eigenvalue weighted by molar-refractivity contribution is 0.0322. The van der Waals surface area contributed by atoms with Gasteiger partial charge in [-0.05, 0) is 30.7 Å². The van der Waals surface area contributed by atoms with Gasteiger partial charge in [0.1, 0.15) is 19.0 Å². The number of carbonyl (C=O) groups is 1. The number of nitrogens with one attached hydrogen (secondary N) is 1. The van der Waals surface area contributed by atoms with E-state index in [0.29, 0.717) is 25.5 Å². The summed E-state index contributed by atoms with van der Waals surface area (Å²) >= 11 is 0. The molecule has 0 spiro atoms. The van der Waals surface area contributed by atoms with Crippen LogP contribution in [0.3, 0.4) is 0 Å². The van der Waals surface area contributed by atoms with Crippen LogP contribution in [-0.2, 0) is 14.2 Å². The molecule has 1 aromatic rings. The van der Waals surface area contributed by atoms with Crippen LogP contribution in [0.1, 0.15) is 13.3 Å². The number of hydrogen-bond donors (Lipinski definition) is 1. The van der Waals surface area contributed by atoms with Gasteiger partial charge in [0.2, 0.25) is 0 Å². The minimum atomic E-state index is -0.485. The number of benzene rings is 1. The highest BCUT2D eigenvalue weighted by Gasteiger charge is 2.09. The molecule has 1 saturated heterocycles. The molecule has 1 fully saturated rings. The fraction of sp³-hybridized carbons (Fsp3) is 0.611. The Morgan fingerprint density at radius 2 is 1.85 bits per heavy atom. The Hall–Kier alpha value is -1.54. The molecule has 0 radical (unpaired) electrons. The summed E-state index contributed by atoms with van der Waals surface area (Å²) in [5.74, 6) is 0.778. The van der Waals surface area contributed by atoms with Gasteiger partial charge in [-0.25, -0.2) is 4.79 Å². The number of halogens is 1.